The molecule has 1 atom stereocenters. The number of ether oxygens (including phenoxy) is 1. The van der Waals surface area contributed by atoms with Gasteiger partial charge in [0.05, 0.1) is 34.8 Å². The summed E-state index contributed by atoms with van der Waals surface area (Å²) >= 11 is 0. The smallest absolute Gasteiger partial charge is 0.268 e. The molecule has 198 valence electrons. The molecule has 9 heteroatoms. The number of morpholine rings is 1. The van der Waals surface area contributed by atoms with Gasteiger partial charge in [-0.15, -0.1) is 0 Å². The van der Waals surface area contributed by atoms with Crippen LogP contribution in [-0.4, -0.2) is 50.2 Å². The Morgan fingerprint density at radius 2 is 1.69 bits per heavy atom. The Morgan fingerprint density at radius 3 is 2.49 bits per heavy atom. The van der Waals surface area contributed by atoms with Crippen LogP contribution in [0.2, 0.25) is 0 Å². The van der Waals surface area contributed by atoms with Crippen LogP contribution in [0.15, 0.2) is 89.8 Å². The third-order valence-corrected chi connectivity index (χ3v) is 9.37. The first-order valence-electron chi connectivity index (χ1n) is 13.3. The van der Waals surface area contributed by atoms with E-state index in [0.717, 1.165) is 59.3 Å². The molecule has 2 saturated heterocycles. The Kier molecular flexibility index (Phi) is 6.08. The maximum atomic E-state index is 14.2. The highest BCUT2D eigenvalue weighted by atomic mass is 32.2. The minimum atomic E-state index is -3.89. The molecule has 0 aliphatic carbocycles. The molecule has 8 nitrogen and oxygen atoms in total. The summed E-state index contributed by atoms with van der Waals surface area (Å²) in [7, 11) is -3.89. The first-order valence-corrected chi connectivity index (χ1v) is 14.7. The lowest BCUT2D eigenvalue weighted by molar-refractivity contribution is 0.122. The van der Waals surface area contributed by atoms with Crippen LogP contribution in [0, 0.1) is 0 Å². The number of aromatic nitrogens is 2. The van der Waals surface area contributed by atoms with Crippen molar-refractivity contribution in [3.8, 4) is 11.3 Å². The summed E-state index contributed by atoms with van der Waals surface area (Å²) < 4.78 is 35.5. The van der Waals surface area contributed by atoms with Gasteiger partial charge in [-0.1, -0.05) is 54.6 Å². The summed E-state index contributed by atoms with van der Waals surface area (Å²) in [4.78, 5) is 7.65. The van der Waals surface area contributed by atoms with Crippen molar-refractivity contribution < 1.29 is 13.2 Å². The average molecular weight is 540 g/mol. The van der Waals surface area contributed by atoms with Crippen LogP contribution in [0.3, 0.4) is 0 Å². The van der Waals surface area contributed by atoms with E-state index in [1.54, 1.807) is 24.3 Å². The number of pyridine rings is 1. The van der Waals surface area contributed by atoms with Gasteiger partial charge in [0.1, 0.15) is 5.82 Å². The van der Waals surface area contributed by atoms with Crippen LogP contribution in [0.5, 0.6) is 0 Å². The molecule has 0 saturated carbocycles. The van der Waals surface area contributed by atoms with Crippen molar-refractivity contribution in [3.63, 3.8) is 0 Å². The second-order valence-corrected chi connectivity index (χ2v) is 11.7. The van der Waals surface area contributed by atoms with Crippen molar-refractivity contribution in [3.05, 3.63) is 90.5 Å². The van der Waals surface area contributed by atoms with E-state index in [-0.39, 0.29) is 10.9 Å². The van der Waals surface area contributed by atoms with Gasteiger partial charge >= 0.3 is 0 Å². The molecule has 3 aromatic carbocycles. The summed E-state index contributed by atoms with van der Waals surface area (Å²) in [5.41, 5.74) is 10.7. The number of rotatable bonds is 5. The monoisotopic (exact) mass is 539 g/mol. The predicted octanol–water partition coefficient (Wildman–Crippen LogP) is 4.47. The quantitative estimate of drug-likeness (QED) is 0.341. The van der Waals surface area contributed by atoms with E-state index in [1.807, 2.05) is 54.6 Å². The molecule has 5 aromatic rings. The van der Waals surface area contributed by atoms with Gasteiger partial charge < -0.3 is 9.64 Å². The zero-order valence-corrected chi connectivity index (χ0v) is 22.2. The Balaban J connectivity index is 1.54. The molecular formula is C30H29N5O3S. The van der Waals surface area contributed by atoms with E-state index in [1.165, 1.54) is 3.97 Å². The molecule has 7 rings (SSSR count). The minimum Gasteiger partial charge on any atom is -0.378 e. The SMILES string of the molecule is O=S(=O)(c1ccccc1)n1c(-c2cc(N3CCOCC3)nc3c(C4CCNN4)cccc23)cc2ccccc21. The van der Waals surface area contributed by atoms with Gasteiger partial charge in [-0.05, 0) is 42.3 Å². The number of benzene rings is 3. The first-order chi connectivity index (χ1) is 19.1. The zero-order chi connectivity index (χ0) is 26.4. The Morgan fingerprint density at radius 1 is 0.897 bits per heavy atom. The number of fused-ring (bicyclic) bond motifs is 2. The highest BCUT2D eigenvalue weighted by Gasteiger charge is 2.27. The standard InChI is InChI=1S/C30H29N5O3S/c36-39(37,22-8-2-1-3-9-22)35-27-12-5-4-7-21(27)19-28(35)25-20-29(34-15-17-38-18-16-34)32-30-23(25)10-6-11-24(30)26-13-14-31-33-26/h1-12,19-20,26,31,33H,13-18H2. The Labute approximate surface area is 227 Å². The van der Waals surface area contributed by atoms with Crippen molar-refractivity contribution in [2.75, 3.05) is 37.7 Å². The lowest BCUT2D eigenvalue weighted by atomic mass is 9.97. The fourth-order valence-corrected chi connectivity index (χ4v) is 7.24. The number of hydrazine groups is 1. The third kappa shape index (κ3) is 4.18. The number of nitrogens with zero attached hydrogens (tertiary/aromatic N) is 3. The van der Waals surface area contributed by atoms with Crippen molar-refractivity contribution in [1.29, 1.82) is 0 Å². The third-order valence-electron chi connectivity index (χ3n) is 7.63. The summed E-state index contributed by atoms with van der Waals surface area (Å²) in [5, 5.41) is 1.79. The van der Waals surface area contributed by atoms with E-state index in [9.17, 15) is 8.42 Å². The predicted molar refractivity (Wildman–Crippen MR) is 153 cm³/mol. The van der Waals surface area contributed by atoms with E-state index in [0.29, 0.717) is 24.4 Å². The summed E-state index contributed by atoms with van der Waals surface area (Å²) in [6.07, 6.45) is 0.945. The number of anilines is 1. The largest absolute Gasteiger partial charge is 0.378 e. The van der Waals surface area contributed by atoms with Gasteiger partial charge in [-0.25, -0.2) is 17.4 Å². The van der Waals surface area contributed by atoms with Gasteiger partial charge in [0.15, 0.2) is 0 Å². The summed E-state index contributed by atoms with van der Waals surface area (Å²) in [6.45, 7) is 3.60. The van der Waals surface area contributed by atoms with Crippen LogP contribution in [0.25, 0.3) is 33.1 Å². The van der Waals surface area contributed by atoms with Crippen molar-refractivity contribution >= 4 is 37.6 Å². The molecule has 0 amide bonds. The molecule has 4 heterocycles. The van der Waals surface area contributed by atoms with Gasteiger partial charge in [0.2, 0.25) is 0 Å². The first kappa shape index (κ1) is 24.3. The van der Waals surface area contributed by atoms with Crippen LogP contribution in [-0.2, 0) is 14.8 Å². The average Bonchev–Trinajstić information content (AvgIpc) is 3.66. The molecule has 39 heavy (non-hydrogen) atoms. The summed E-state index contributed by atoms with van der Waals surface area (Å²) in [5.74, 6) is 0.827. The maximum Gasteiger partial charge on any atom is 0.268 e. The highest BCUT2D eigenvalue weighted by Crippen LogP contribution is 2.39. The van der Waals surface area contributed by atoms with E-state index in [2.05, 4.69) is 21.8 Å². The molecule has 2 aliphatic rings. The van der Waals surface area contributed by atoms with Gasteiger partial charge in [-0.3, -0.25) is 10.9 Å². The van der Waals surface area contributed by atoms with Gasteiger partial charge in [0.25, 0.3) is 10.0 Å². The van der Waals surface area contributed by atoms with Crippen LogP contribution >= 0.6 is 0 Å². The minimum absolute atomic E-state index is 0.118. The Hall–Kier alpha value is -3.76. The number of hydrogen-bond donors (Lipinski definition) is 2. The van der Waals surface area contributed by atoms with Crippen LogP contribution in [0.1, 0.15) is 18.0 Å². The second-order valence-electron chi connectivity index (χ2n) is 9.95. The molecule has 2 fully saturated rings. The van der Waals surface area contributed by atoms with Crippen molar-refractivity contribution in [2.45, 2.75) is 17.4 Å². The van der Waals surface area contributed by atoms with Crippen LogP contribution < -0.4 is 15.8 Å². The van der Waals surface area contributed by atoms with Crippen molar-refractivity contribution in [2.24, 2.45) is 0 Å². The topological polar surface area (TPSA) is 88.5 Å². The van der Waals surface area contributed by atoms with E-state index in [4.69, 9.17) is 9.72 Å². The van der Waals surface area contributed by atoms with Crippen LogP contribution in [0.4, 0.5) is 5.82 Å². The maximum absolute atomic E-state index is 14.2. The summed E-state index contributed by atoms with van der Waals surface area (Å²) in [6, 6.07) is 26.6. The molecule has 2 aliphatic heterocycles. The number of hydrogen-bond acceptors (Lipinski definition) is 7. The number of para-hydroxylation sites is 2. The van der Waals surface area contributed by atoms with Gasteiger partial charge in [0, 0.05) is 42.0 Å². The fourth-order valence-electron chi connectivity index (χ4n) is 5.70. The molecular weight excluding hydrogens is 510 g/mol. The van der Waals surface area contributed by atoms with E-state index >= 15 is 0 Å². The molecule has 2 N–H and O–H groups in total. The fraction of sp³-hybridized carbons (Fsp3) is 0.233. The molecule has 0 radical (unpaired) electrons. The lowest BCUT2D eigenvalue weighted by Crippen LogP contribution is -2.36. The van der Waals surface area contributed by atoms with E-state index < -0.39 is 10.0 Å². The zero-order valence-electron chi connectivity index (χ0n) is 21.4. The highest BCUT2D eigenvalue weighted by molar-refractivity contribution is 7.90. The Bertz CT molecular complexity index is 1770. The molecule has 0 spiro atoms. The molecule has 2 aromatic heterocycles. The molecule has 0 bridgehead atoms. The second kappa shape index (κ2) is 9.77. The lowest BCUT2D eigenvalue weighted by Gasteiger charge is -2.29. The normalized spacial score (nSPS) is 18.3. The molecule has 1 unspecified atom stereocenters. The van der Waals surface area contributed by atoms with Gasteiger partial charge in [-0.2, -0.15) is 0 Å². The number of nitrogens with one attached hydrogen (secondary N) is 2. The van der Waals surface area contributed by atoms with Crippen molar-refractivity contribution in [1.82, 2.24) is 19.8 Å².